The van der Waals surface area contributed by atoms with Crippen LogP contribution in [0.25, 0.3) is 0 Å². The monoisotopic (exact) mass is 623 g/mol. The van der Waals surface area contributed by atoms with Crippen LogP contribution in [0.3, 0.4) is 0 Å². The third-order valence-electron chi connectivity index (χ3n) is 7.91. The number of guanidine groups is 1. The maximum Gasteiger partial charge on any atom is 0.437 e. The lowest BCUT2D eigenvalue weighted by atomic mass is 10.2. The summed E-state index contributed by atoms with van der Waals surface area (Å²) in [5, 5.41) is 0. The van der Waals surface area contributed by atoms with Crippen LogP contribution in [0, 0.1) is 0 Å². The van der Waals surface area contributed by atoms with Crippen molar-refractivity contribution in [2.24, 2.45) is 4.99 Å². The number of hydrogen-bond donors (Lipinski definition) is 0. The van der Waals surface area contributed by atoms with Crippen LogP contribution in [0.15, 0.2) is 77.8 Å². The van der Waals surface area contributed by atoms with Gasteiger partial charge in [-0.15, -0.1) is 4.99 Å². The molecule has 0 bridgehead atoms. The van der Waals surface area contributed by atoms with Gasteiger partial charge in [-0.25, -0.2) is 19.3 Å². The molecule has 0 unspecified atom stereocenters. The fourth-order valence-corrected chi connectivity index (χ4v) is 11.2. The number of carbonyl (C=O) groups is 3. The van der Waals surface area contributed by atoms with Crippen LogP contribution in [0.5, 0.6) is 0 Å². The second-order valence-corrected chi connectivity index (χ2v) is 17.1. The van der Waals surface area contributed by atoms with E-state index in [9.17, 15) is 14.4 Å². The molecule has 0 aromatic heterocycles. The van der Waals surface area contributed by atoms with Crippen molar-refractivity contribution < 1.29 is 33.0 Å². The van der Waals surface area contributed by atoms with Crippen molar-refractivity contribution in [3.8, 4) is 0 Å². The van der Waals surface area contributed by atoms with Gasteiger partial charge < -0.3 is 23.5 Å². The van der Waals surface area contributed by atoms with Gasteiger partial charge in [-0.05, 0) is 27.8 Å². The molecular formula is C33H45N3O7Si. The van der Waals surface area contributed by atoms with Crippen molar-refractivity contribution in [3.05, 3.63) is 83.9 Å². The van der Waals surface area contributed by atoms with Gasteiger partial charge in [-0.2, -0.15) is 0 Å². The van der Waals surface area contributed by atoms with E-state index in [1.165, 1.54) is 18.1 Å². The predicted molar refractivity (Wildman–Crippen MR) is 171 cm³/mol. The van der Waals surface area contributed by atoms with E-state index in [4.69, 9.17) is 18.6 Å². The van der Waals surface area contributed by atoms with Crippen LogP contribution in [0.1, 0.15) is 52.7 Å². The number of aliphatic imine (C=N–C) groups is 1. The maximum absolute atomic E-state index is 13.5. The minimum atomic E-state index is -2.38. The zero-order valence-electron chi connectivity index (χ0n) is 26.8. The molecule has 238 valence electrons. The smallest absolute Gasteiger partial charge is 0.437 e. The average Bonchev–Trinajstić information content (AvgIpc) is 3.35. The molecule has 10 nitrogen and oxygen atoms in total. The summed E-state index contributed by atoms with van der Waals surface area (Å²) in [5.74, 6) is -0.521. The predicted octanol–water partition coefficient (Wildman–Crippen LogP) is 6.88. The van der Waals surface area contributed by atoms with Gasteiger partial charge in [-0.3, -0.25) is 0 Å². The lowest BCUT2D eigenvalue weighted by Crippen LogP contribution is -2.51. The standard InChI is InChI=1S/C33H45N3O7Si/c1-24(2)44(25(3)4,26(5)6)43-23-36-29(18-19-30(37)40-7)20-35(33(39)42-22-28-16-12-9-13-17-28)31(36)34-32(38)41-21-27-14-10-8-11-15-27/h8-19,24-26,29H,20-23H2,1-7H3/b19-18+,34-31-/t29-/m1/s1. The summed E-state index contributed by atoms with van der Waals surface area (Å²) in [5.41, 5.74) is 2.48. The number of rotatable bonds is 12. The SMILES string of the molecule is COC(=O)/C=C/[C@@H]1CN(C(=O)OCc2ccccc2)/C(=N/C(=O)OCc2ccccc2)N1CO[Si](C(C)C)(C(C)C)C(C)C. The number of amides is 2. The highest BCUT2D eigenvalue weighted by molar-refractivity contribution is 6.77. The van der Waals surface area contributed by atoms with Gasteiger partial charge in [0.05, 0.1) is 19.7 Å². The molecule has 2 aromatic carbocycles. The molecule has 2 amide bonds. The highest BCUT2D eigenvalue weighted by atomic mass is 28.4. The van der Waals surface area contributed by atoms with Gasteiger partial charge >= 0.3 is 18.2 Å². The van der Waals surface area contributed by atoms with E-state index in [-0.39, 0.29) is 49.1 Å². The number of methoxy groups -OCH3 is 1. The summed E-state index contributed by atoms with van der Waals surface area (Å²) in [4.78, 5) is 45.9. The highest BCUT2D eigenvalue weighted by Crippen LogP contribution is 2.42. The zero-order valence-corrected chi connectivity index (χ0v) is 27.8. The average molecular weight is 624 g/mol. The number of ether oxygens (including phenoxy) is 3. The molecule has 1 heterocycles. The van der Waals surface area contributed by atoms with Gasteiger partial charge in [0, 0.05) is 6.08 Å². The third-order valence-corrected chi connectivity index (χ3v) is 13.9. The molecule has 0 aliphatic carbocycles. The van der Waals surface area contributed by atoms with Gasteiger partial charge in [-0.1, -0.05) is 108 Å². The van der Waals surface area contributed by atoms with Gasteiger partial charge in [0.25, 0.3) is 0 Å². The molecule has 1 saturated heterocycles. The Morgan fingerprint density at radius 2 is 1.39 bits per heavy atom. The lowest BCUT2D eigenvalue weighted by Gasteiger charge is -2.43. The van der Waals surface area contributed by atoms with Gasteiger partial charge in [0.2, 0.25) is 14.3 Å². The van der Waals surface area contributed by atoms with Crippen LogP contribution in [0.4, 0.5) is 9.59 Å². The summed E-state index contributed by atoms with van der Waals surface area (Å²) in [6.07, 6.45) is 1.35. The van der Waals surface area contributed by atoms with E-state index in [1.807, 2.05) is 60.7 Å². The topological polar surface area (TPSA) is 107 Å². The molecule has 1 atom stereocenters. The molecule has 0 saturated carbocycles. The molecule has 3 rings (SSSR count). The van der Waals surface area contributed by atoms with Crippen LogP contribution >= 0.6 is 0 Å². The summed E-state index contributed by atoms with van der Waals surface area (Å²) in [7, 11) is -1.09. The van der Waals surface area contributed by atoms with E-state index in [0.29, 0.717) is 0 Å². The summed E-state index contributed by atoms with van der Waals surface area (Å²) >= 11 is 0. The number of benzene rings is 2. The Bertz CT molecular complexity index is 1280. The molecule has 11 heteroatoms. The zero-order chi connectivity index (χ0) is 32.3. The van der Waals surface area contributed by atoms with E-state index in [1.54, 1.807) is 11.0 Å². The maximum atomic E-state index is 13.5. The Labute approximate surface area is 261 Å². The quantitative estimate of drug-likeness (QED) is 0.109. The van der Waals surface area contributed by atoms with Crippen molar-refractivity contribution >= 4 is 32.4 Å². The molecule has 0 N–H and O–H groups in total. The third kappa shape index (κ3) is 8.79. The molecule has 2 aromatic rings. The van der Waals surface area contributed by atoms with E-state index in [0.717, 1.165) is 11.1 Å². The Morgan fingerprint density at radius 3 is 1.89 bits per heavy atom. The van der Waals surface area contributed by atoms with Gasteiger partial charge in [0.1, 0.15) is 19.9 Å². The first-order valence-corrected chi connectivity index (χ1v) is 17.1. The Morgan fingerprint density at radius 1 is 0.864 bits per heavy atom. The number of hydrogen-bond acceptors (Lipinski definition) is 7. The Kier molecular flexibility index (Phi) is 12.7. The minimum absolute atomic E-state index is 0.0150. The van der Waals surface area contributed by atoms with E-state index in [2.05, 4.69) is 46.5 Å². The number of nitrogens with zero attached hydrogens (tertiary/aromatic N) is 3. The van der Waals surface area contributed by atoms with E-state index < -0.39 is 32.5 Å². The fourth-order valence-electron chi connectivity index (χ4n) is 5.84. The van der Waals surface area contributed by atoms with Crippen molar-refractivity contribution in [2.75, 3.05) is 20.4 Å². The first kappa shape index (κ1) is 34.5. The Hall–Kier alpha value is -3.96. The summed E-state index contributed by atoms with van der Waals surface area (Å²) in [6, 6.07) is 18.0. The molecule has 0 spiro atoms. The van der Waals surface area contributed by atoms with Crippen molar-refractivity contribution in [1.82, 2.24) is 9.80 Å². The first-order chi connectivity index (χ1) is 21.0. The molecule has 1 fully saturated rings. The van der Waals surface area contributed by atoms with Gasteiger partial charge in [0.15, 0.2) is 0 Å². The summed E-state index contributed by atoms with van der Waals surface area (Å²) < 4.78 is 22.8. The number of esters is 1. The molecule has 1 aliphatic rings. The lowest BCUT2D eigenvalue weighted by molar-refractivity contribution is -0.134. The second kappa shape index (κ2) is 16.2. The first-order valence-electron chi connectivity index (χ1n) is 14.9. The van der Waals surface area contributed by atoms with Crippen molar-refractivity contribution in [1.29, 1.82) is 0 Å². The minimum Gasteiger partial charge on any atom is -0.466 e. The Balaban J connectivity index is 1.98. The fraction of sp³-hybridized carbons (Fsp3) is 0.455. The molecule has 1 aliphatic heterocycles. The highest BCUT2D eigenvalue weighted by Gasteiger charge is 2.47. The normalized spacial score (nSPS) is 16.4. The summed E-state index contributed by atoms with van der Waals surface area (Å²) in [6.45, 7) is 13.2. The van der Waals surface area contributed by atoms with E-state index >= 15 is 0 Å². The second-order valence-electron chi connectivity index (χ2n) is 11.6. The van der Waals surface area contributed by atoms with Crippen LogP contribution < -0.4 is 0 Å². The van der Waals surface area contributed by atoms with Crippen LogP contribution in [-0.4, -0.2) is 68.7 Å². The largest absolute Gasteiger partial charge is 0.466 e. The molecular weight excluding hydrogens is 578 g/mol. The van der Waals surface area contributed by atoms with Crippen molar-refractivity contribution in [2.45, 2.75) is 77.4 Å². The van der Waals surface area contributed by atoms with Crippen molar-refractivity contribution in [3.63, 3.8) is 0 Å². The van der Waals surface area contributed by atoms with Crippen LogP contribution in [-0.2, 0) is 36.6 Å². The molecule has 0 radical (unpaired) electrons. The number of carbonyl (C=O) groups excluding carboxylic acids is 3. The van der Waals surface area contributed by atoms with Crippen LogP contribution in [0.2, 0.25) is 16.6 Å². The molecule has 44 heavy (non-hydrogen) atoms.